The van der Waals surface area contributed by atoms with Gasteiger partial charge in [-0.2, -0.15) is 0 Å². The average molecular weight is 372 g/mol. The number of ether oxygens (including phenoxy) is 1. The van der Waals surface area contributed by atoms with Gasteiger partial charge in [0.2, 0.25) is 5.91 Å². The van der Waals surface area contributed by atoms with E-state index in [-0.39, 0.29) is 23.7 Å². The molecule has 0 aliphatic rings. The molecule has 1 rings (SSSR count). The lowest BCUT2D eigenvalue weighted by Crippen LogP contribution is -2.38. The van der Waals surface area contributed by atoms with Crippen LogP contribution in [0.25, 0.3) is 6.08 Å². The molecule has 4 nitrogen and oxygen atoms in total. The lowest BCUT2D eigenvalue weighted by Gasteiger charge is -2.25. The van der Waals surface area contributed by atoms with Crippen LogP contribution in [-0.4, -0.2) is 37.0 Å². The molecule has 0 saturated carbocycles. The summed E-state index contributed by atoms with van der Waals surface area (Å²) >= 11 is 12.0. The zero-order valence-corrected chi connectivity index (χ0v) is 15.9. The summed E-state index contributed by atoms with van der Waals surface area (Å²) in [4.78, 5) is 25.7. The Morgan fingerprint density at radius 3 is 2.42 bits per heavy atom. The minimum absolute atomic E-state index is 0.175. The van der Waals surface area contributed by atoms with Crippen molar-refractivity contribution in [1.82, 2.24) is 4.90 Å². The molecule has 1 atom stereocenters. The van der Waals surface area contributed by atoms with Gasteiger partial charge in [0.1, 0.15) is 0 Å². The Hall–Kier alpha value is -1.52. The van der Waals surface area contributed by atoms with Crippen LogP contribution >= 0.6 is 23.2 Å². The molecule has 0 radical (unpaired) electrons. The van der Waals surface area contributed by atoms with Crippen molar-refractivity contribution in [3.8, 4) is 0 Å². The number of esters is 1. The first-order valence-corrected chi connectivity index (χ1v) is 8.50. The molecule has 24 heavy (non-hydrogen) atoms. The molecule has 0 aliphatic heterocycles. The first-order chi connectivity index (χ1) is 11.2. The van der Waals surface area contributed by atoms with E-state index in [9.17, 15) is 9.59 Å². The van der Waals surface area contributed by atoms with Crippen LogP contribution in [0, 0.1) is 11.8 Å². The zero-order chi connectivity index (χ0) is 18.3. The quantitative estimate of drug-likeness (QED) is 0.530. The molecule has 1 aromatic carbocycles. The van der Waals surface area contributed by atoms with Crippen LogP contribution in [0.5, 0.6) is 0 Å². The Kier molecular flexibility index (Phi) is 8.29. The van der Waals surface area contributed by atoms with Crippen LogP contribution in [0.3, 0.4) is 0 Å². The maximum atomic E-state index is 12.5. The first kappa shape index (κ1) is 20.5. The summed E-state index contributed by atoms with van der Waals surface area (Å²) in [5, 5.41) is 1.02. The van der Waals surface area contributed by atoms with Crippen LogP contribution in [0.4, 0.5) is 0 Å². The zero-order valence-electron chi connectivity index (χ0n) is 14.4. The third kappa shape index (κ3) is 6.54. The predicted molar refractivity (Wildman–Crippen MR) is 98.1 cm³/mol. The van der Waals surface area contributed by atoms with Crippen molar-refractivity contribution < 1.29 is 14.3 Å². The summed E-state index contributed by atoms with van der Waals surface area (Å²) in [7, 11) is 1.34. The second kappa shape index (κ2) is 9.70. The number of carbonyl (C=O) groups is 2. The number of benzene rings is 1. The Labute approximate surface area is 153 Å². The second-order valence-corrected chi connectivity index (χ2v) is 6.90. The van der Waals surface area contributed by atoms with E-state index in [2.05, 4.69) is 0 Å². The highest BCUT2D eigenvalue weighted by Gasteiger charge is 2.21. The number of methoxy groups -OCH3 is 1. The van der Waals surface area contributed by atoms with Gasteiger partial charge < -0.3 is 9.64 Å². The van der Waals surface area contributed by atoms with Gasteiger partial charge in [0.05, 0.1) is 13.0 Å². The average Bonchev–Trinajstić information content (AvgIpc) is 2.51. The van der Waals surface area contributed by atoms with E-state index in [0.717, 1.165) is 0 Å². The highest BCUT2D eigenvalue weighted by molar-refractivity contribution is 6.35. The molecule has 0 spiro atoms. The molecule has 0 N–H and O–H groups in total. The van der Waals surface area contributed by atoms with Gasteiger partial charge in [-0.1, -0.05) is 50.0 Å². The number of amides is 1. The van der Waals surface area contributed by atoms with E-state index in [4.69, 9.17) is 27.9 Å². The second-order valence-electron chi connectivity index (χ2n) is 6.06. The maximum Gasteiger partial charge on any atom is 0.310 e. The van der Waals surface area contributed by atoms with Crippen molar-refractivity contribution in [3.63, 3.8) is 0 Å². The highest BCUT2D eigenvalue weighted by atomic mass is 35.5. The Balaban J connectivity index is 2.87. The van der Waals surface area contributed by atoms with Gasteiger partial charge in [0.15, 0.2) is 0 Å². The number of hydrogen-bond acceptors (Lipinski definition) is 3. The van der Waals surface area contributed by atoms with Gasteiger partial charge in [-0.3, -0.25) is 9.59 Å². The number of carbonyl (C=O) groups excluding carboxylic acids is 2. The van der Waals surface area contributed by atoms with Crippen molar-refractivity contribution in [3.05, 3.63) is 39.9 Å². The van der Waals surface area contributed by atoms with Crippen molar-refractivity contribution >= 4 is 41.2 Å². The minimum Gasteiger partial charge on any atom is -0.469 e. The molecule has 1 unspecified atom stereocenters. The van der Waals surface area contributed by atoms with Gasteiger partial charge >= 0.3 is 5.97 Å². The third-order valence-electron chi connectivity index (χ3n) is 3.36. The van der Waals surface area contributed by atoms with Crippen LogP contribution < -0.4 is 0 Å². The molecule has 0 heterocycles. The molecule has 0 aliphatic carbocycles. The Morgan fingerprint density at radius 2 is 1.88 bits per heavy atom. The van der Waals surface area contributed by atoms with Crippen molar-refractivity contribution in [2.24, 2.45) is 11.8 Å². The number of rotatable bonds is 7. The van der Waals surface area contributed by atoms with Gasteiger partial charge in [0, 0.05) is 29.2 Å². The van der Waals surface area contributed by atoms with E-state index < -0.39 is 0 Å². The van der Waals surface area contributed by atoms with Gasteiger partial charge in [-0.05, 0) is 29.7 Å². The molecule has 132 valence electrons. The van der Waals surface area contributed by atoms with Crippen molar-refractivity contribution in [2.75, 3.05) is 20.2 Å². The summed E-state index contributed by atoms with van der Waals surface area (Å²) in [6.45, 7) is 6.64. The van der Waals surface area contributed by atoms with E-state index in [1.807, 2.05) is 13.8 Å². The lowest BCUT2D eigenvalue weighted by molar-refractivity contribution is -0.146. The summed E-state index contributed by atoms with van der Waals surface area (Å²) in [5.74, 6) is -0.608. The standard InChI is InChI=1S/C18H23Cl2NO3/c1-12(2)10-21(11-13(3)18(23)24-4)17(22)8-6-14-5-7-15(19)9-16(14)20/h5-9,12-13H,10-11H2,1-4H3/b8-6+. The summed E-state index contributed by atoms with van der Waals surface area (Å²) in [6, 6.07) is 5.08. The molecular weight excluding hydrogens is 349 g/mol. The molecule has 1 amide bonds. The fraction of sp³-hybridized carbons (Fsp3) is 0.444. The van der Waals surface area contributed by atoms with Crippen molar-refractivity contribution in [1.29, 1.82) is 0 Å². The fourth-order valence-corrected chi connectivity index (χ4v) is 2.68. The SMILES string of the molecule is COC(=O)C(C)CN(CC(C)C)C(=O)/C=C/c1ccc(Cl)cc1Cl. The molecular formula is C18H23Cl2NO3. The highest BCUT2D eigenvalue weighted by Crippen LogP contribution is 2.22. The van der Waals surface area contributed by atoms with E-state index >= 15 is 0 Å². The largest absolute Gasteiger partial charge is 0.469 e. The van der Waals surface area contributed by atoms with Crippen LogP contribution in [-0.2, 0) is 14.3 Å². The molecule has 6 heteroatoms. The van der Waals surface area contributed by atoms with E-state index in [1.54, 1.807) is 36.1 Å². The predicted octanol–water partition coefficient (Wildman–Crippen LogP) is 4.30. The van der Waals surface area contributed by atoms with Crippen LogP contribution in [0.15, 0.2) is 24.3 Å². The van der Waals surface area contributed by atoms with E-state index in [1.165, 1.54) is 13.2 Å². The summed E-state index contributed by atoms with van der Waals surface area (Å²) < 4.78 is 4.73. The third-order valence-corrected chi connectivity index (χ3v) is 3.93. The monoisotopic (exact) mass is 371 g/mol. The summed E-state index contributed by atoms with van der Waals surface area (Å²) in [5.41, 5.74) is 0.708. The van der Waals surface area contributed by atoms with Gasteiger partial charge in [-0.25, -0.2) is 0 Å². The topological polar surface area (TPSA) is 46.6 Å². The lowest BCUT2D eigenvalue weighted by atomic mass is 10.1. The molecule has 0 fully saturated rings. The first-order valence-electron chi connectivity index (χ1n) is 7.74. The molecule has 0 bridgehead atoms. The number of hydrogen-bond donors (Lipinski definition) is 0. The van der Waals surface area contributed by atoms with E-state index in [0.29, 0.717) is 28.7 Å². The van der Waals surface area contributed by atoms with Crippen LogP contribution in [0.2, 0.25) is 10.0 Å². The summed E-state index contributed by atoms with van der Waals surface area (Å²) in [6.07, 6.45) is 3.11. The molecule has 1 aromatic rings. The Morgan fingerprint density at radius 1 is 1.21 bits per heavy atom. The molecule has 0 aromatic heterocycles. The van der Waals surface area contributed by atoms with Gasteiger partial charge in [0.25, 0.3) is 0 Å². The Bertz CT molecular complexity index is 614. The van der Waals surface area contributed by atoms with Gasteiger partial charge in [-0.15, -0.1) is 0 Å². The number of nitrogens with zero attached hydrogens (tertiary/aromatic N) is 1. The maximum absolute atomic E-state index is 12.5. The smallest absolute Gasteiger partial charge is 0.310 e. The van der Waals surface area contributed by atoms with Crippen molar-refractivity contribution in [2.45, 2.75) is 20.8 Å². The minimum atomic E-state index is -0.384. The normalized spacial score (nSPS) is 12.5. The molecule has 0 saturated heterocycles. The number of halogens is 2. The van der Waals surface area contributed by atoms with Crippen LogP contribution in [0.1, 0.15) is 26.3 Å². The fourth-order valence-electron chi connectivity index (χ4n) is 2.20.